The lowest BCUT2D eigenvalue weighted by atomic mass is 9.95. The van der Waals surface area contributed by atoms with Crippen LogP contribution in [0.5, 0.6) is 0 Å². The van der Waals surface area contributed by atoms with Crippen LogP contribution in [0.2, 0.25) is 0 Å². The first-order valence-electron chi connectivity index (χ1n) is 7.26. The van der Waals surface area contributed by atoms with Crippen molar-refractivity contribution in [2.45, 2.75) is 44.1 Å². The number of hydrogen-bond donors (Lipinski definition) is 1. The van der Waals surface area contributed by atoms with E-state index < -0.39 is 11.4 Å². The van der Waals surface area contributed by atoms with Gasteiger partial charge < -0.3 is 5.11 Å². The monoisotopic (exact) mass is 259 g/mol. The van der Waals surface area contributed by atoms with Gasteiger partial charge in [-0.15, -0.1) is 0 Å². The highest BCUT2D eigenvalue weighted by molar-refractivity contribution is 5.84. The van der Waals surface area contributed by atoms with Gasteiger partial charge in [-0.25, -0.2) is 0 Å². The molecule has 0 aromatic heterocycles. The number of carboxylic acids is 1. The van der Waals surface area contributed by atoms with Crippen molar-refractivity contribution >= 4 is 5.97 Å². The van der Waals surface area contributed by atoms with Crippen LogP contribution in [-0.4, -0.2) is 29.1 Å². The number of likely N-dealkylation sites (tertiary alicyclic amines) is 1. The van der Waals surface area contributed by atoms with Gasteiger partial charge in [0, 0.05) is 6.54 Å². The van der Waals surface area contributed by atoms with E-state index in [2.05, 4.69) is 17.0 Å². The number of hydrogen-bond acceptors (Lipinski definition) is 2. The molecule has 1 heterocycles. The highest BCUT2D eigenvalue weighted by Gasteiger charge is 2.51. The fourth-order valence-corrected chi connectivity index (χ4v) is 3.06. The number of benzene rings is 1. The Balaban J connectivity index is 1.67. The molecule has 19 heavy (non-hydrogen) atoms. The molecule has 1 aromatic rings. The van der Waals surface area contributed by atoms with Crippen LogP contribution in [0.15, 0.2) is 24.3 Å². The highest BCUT2D eigenvalue weighted by atomic mass is 16.4. The first-order chi connectivity index (χ1) is 9.21. The van der Waals surface area contributed by atoms with Crippen molar-refractivity contribution < 1.29 is 9.90 Å². The van der Waals surface area contributed by atoms with Crippen LogP contribution in [0.1, 0.15) is 43.2 Å². The number of carbonyl (C=O) groups is 1. The van der Waals surface area contributed by atoms with Gasteiger partial charge in [0.2, 0.25) is 0 Å². The molecule has 3 nitrogen and oxygen atoms in total. The smallest absolute Gasteiger partial charge is 0.314 e. The Morgan fingerprint density at radius 3 is 2.26 bits per heavy atom. The van der Waals surface area contributed by atoms with Gasteiger partial charge in [0.25, 0.3) is 0 Å². The molecular weight excluding hydrogens is 238 g/mol. The van der Waals surface area contributed by atoms with Gasteiger partial charge in [-0.05, 0) is 49.9 Å². The van der Waals surface area contributed by atoms with Crippen molar-refractivity contribution in [3.8, 4) is 0 Å². The van der Waals surface area contributed by atoms with E-state index in [1.807, 2.05) is 12.1 Å². The molecule has 3 heteroatoms. The molecule has 0 bridgehead atoms. The van der Waals surface area contributed by atoms with Gasteiger partial charge in [-0.2, -0.15) is 0 Å². The third-order valence-electron chi connectivity index (χ3n) is 4.52. The maximum atomic E-state index is 11.3. The molecule has 1 aromatic carbocycles. The summed E-state index contributed by atoms with van der Waals surface area (Å²) in [6.45, 7) is 3.39. The van der Waals surface area contributed by atoms with Crippen LogP contribution in [-0.2, 0) is 16.8 Å². The van der Waals surface area contributed by atoms with Crippen LogP contribution in [0.3, 0.4) is 0 Å². The number of piperidine rings is 1. The molecule has 1 saturated carbocycles. The van der Waals surface area contributed by atoms with Crippen LogP contribution in [0, 0.1) is 0 Å². The largest absolute Gasteiger partial charge is 0.481 e. The van der Waals surface area contributed by atoms with E-state index in [0.29, 0.717) is 0 Å². The van der Waals surface area contributed by atoms with Crippen LogP contribution >= 0.6 is 0 Å². The quantitative estimate of drug-likeness (QED) is 0.904. The summed E-state index contributed by atoms with van der Waals surface area (Å²) >= 11 is 0. The third-order valence-corrected chi connectivity index (χ3v) is 4.52. The summed E-state index contributed by atoms with van der Waals surface area (Å²) in [5.74, 6) is -0.670. The van der Waals surface area contributed by atoms with Crippen molar-refractivity contribution in [3.05, 3.63) is 35.4 Å². The number of aliphatic carboxylic acids is 1. The number of carboxylic acid groups (broad SMARTS) is 1. The van der Waals surface area contributed by atoms with Gasteiger partial charge in [0.1, 0.15) is 0 Å². The molecule has 3 rings (SSSR count). The van der Waals surface area contributed by atoms with Crippen LogP contribution in [0.4, 0.5) is 0 Å². The SMILES string of the molecule is O=C(O)C1(c2ccc(CN3CCCCC3)cc2)CC1. The van der Waals surface area contributed by atoms with E-state index in [4.69, 9.17) is 0 Å². The standard InChI is InChI=1S/C16H21NO2/c18-15(19)16(8-9-16)14-6-4-13(5-7-14)12-17-10-2-1-3-11-17/h4-7H,1-3,8-12H2,(H,18,19). The van der Waals surface area contributed by atoms with E-state index in [1.165, 1.54) is 37.9 Å². The van der Waals surface area contributed by atoms with Crippen LogP contribution in [0.25, 0.3) is 0 Å². The summed E-state index contributed by atoms with van der Waals surface area (Å²) in [6.07, 6.45) is 5.54. The topological polar surface area (TPSA) is 40.5 Å². The minimum Gasteiger partial charge on any atom is -0.481 e. The predicted octanol–water partition coefficient (Wildman–Crippen LogP) is 2.79. The average Bonchev–Trinajstić information content (AvgIpc) is 3.22. The molecule has 2 fully saturated rings. The van der Waals surface area contributed by atoms with Crippen molar-refractivity contribution in [2.75, 3.05) is 13.1 Å². The molecule has 0 spiro atoms. The second-order valence-electron chi connectivity index (χ2n) is 5.92. The zero-order chi connectivity index (χ0) is 13.3. The minimum absolute atomic E-state index is 0.566. The second-order valence-corrected chi connectivity index (χ2v) is 5.92. The number of rotatable bonds is 4. The molecule has 0 unspecified atom stereocenters. The second kappa shape index (κ2) is 4.97. The Morgan fingerprint density at radius 2 is 1.74 bits per heavy atom. The highest BCUT2D eigenvalue weighted by Crippen LogP contribution is 2.48. The van der Waals surface area contributed by atoms with E-state index >= 15 is 0 Å². The Bertz CT molecular complexity index is 456. The van der Waals surface area contributed by atoms with Gasteiger partial charge in [0.05, 0.1) is 5.41 Å². The zero-order valence-corrected chi connectivity index (χ0v) is 11.3. The fraction of sp³-hybridized carbons (Fsp3) is 0.562. The van der Waals surface area contributed by atoms with Gasteiger partial charge in [0.15, 0.2) is 0 Å². The lowest BCUT2D eigenvalue weighted by Crippen LogP contribution is -2.29. The summed E-state index contributed by atoms with van der Waals surface area (Å²) in [6, 6.07) is 8.24. The van der Waals surface area contributed by atoms with E-state index in [0.717, 1.165) is 24.9 Å². The molecule has 0 radical (unpaired) electrons. The van der Waals surface area contributed by atoms with Gasteiger partial charge >= 0.3 is 5.97 Å². The summed E-state index contributed by atoms with van der Waals surface area (Å²) in [7, 11) is 0. The minimum atomic E-state index is -0.670. The Morgan fingerprint density at radius 1 is 1.11 bits per heavy atom. The Hall–Kier alpha value is -1.35. The maximum absolute atomic E-state index is 11.3. The first kappa shape index (κ1) is 12.7. The summed E-state index contributed by atoms with van der Waals surface area (Å²) in [5.41, 5.74) is 1.71. The molecule has 0 atom stereocenters. The van der Waals surface area contributed by atoms with Crippen molar-refractivity contribution in [2.24, 2.45) is 0 Å². The molecule has 1 saturated heterocycles. The molecule has 1 aliphatic carbocycles. The predicted molar refractivity (Wildman–Crippen MR) is 74.1 cm³/mol. The average molecular weight is 259 g/mol. The van der Waals surface area contributed by atoms with Crippen molar-refractivity contribution in [1.29, 1.82) is 0 Å². The van der Waals surface area contributed by atoms with E-state index in [-0.39, 0.29) is 0 Å². The molecule has 102 valence electrons. The van der Waals surface area contributed by atoms with Gasteiger partial charge in [-0.3, -0.25) is 9.69 Å². The molecule has 1 aliphatic heterocycles. The zero-order valence-electron chi connectivity index (χ0n) is 11.3. The van der Waals surface area contributed by atoms with E-state index in [9.17, 15) is 9.90 Å². The van der Waals surface area contributed by atoms with E-state index in [1.54, 1.807) is 0 Å². The molecular formula is C16H21NO2. The fourth-order valence-electron chi connectivity index (χ4n) is 3.06. The molecule has 2 aliphatic rings. The summed E-state index contributed by atoms with van der Waals surface area (Å²) < 4.78 is 0. The number of nitrogens with zero attached hydrogens (tertiary/aromatic N) is 1. The Kier molecular flexibility index (Phi) is 3.31. The van der Waals surface area contributed by atoms with Gasteiger partial charge in [-0.1, -0.05) is 30.7 Å². The summed E-state index contributed by atoms with van der Waals surface area (Å²) in [4.78, 5) is 13.8. The lowest BCUT2D eigenvalue weighted by Gasteiger charge is -2.26. The van der Waals surface area contributed by atoms with Crippen LogP contribution < -0.4 is 0 Å². The third kappa shape index (κ3) is 2.52. The van der Waals surface area contributed by atoms with Crippen molar-refractivity contribution in [1.82, 2.24) is 4.90 Å². The molecule has 0 amide bonds. The maximum Gasteiger partial charge on any atom is 0.314 e. The Labute approximate surface area is 114 Å². The molecule has 1 N–H and O–H groups in total. The lowest BCUT2D eigenvalue weighted by molar-refractivity contribution is -0.140. The normalized spacial score (nSPS) is 22.1. The summed E-state index contributed by atoms with van der Waals surface area (Å²) in [5, 5.41) is 9.28. The first-order valence-corrected chi connectivity index (χ1v) is 7.26. The van der Waals surface area contributed by atoms with Crippen molar-refractivity contribution in [3.63, 3.8) is 0 Å².